The molecule has 0 spiro atoms. The van der Waals surface area contributed by atoms with E-state index in [0.29, 0.717) is 11.8 Å². The number of benzene rings is 1. The Hall–Kier alpha value is -1.36. The van der Waals surface area contributed by atoms with Crippen LogP contribution in [0.15, 0.2) is 18.2 Å². The lowest BCUT2D eigenvalue weighted by Crippen LogP contribution is -1.89. The standard InChI is InChI=1S/C8H8O4S/c9-4-7-3-6(5-13(11)12)1-2-8(7)10/h1-4,10,13H,5H2. The summed E-state index contributed by atoms with van der Waals surface area (Å²) in [5, 5.41) is 9.09. The fraction of sp³-hybridized carbons (Fsp3) is 0.125. The van der Waals surface area contributed by atoms with Gasteiger partial charge in [-0.15, -0.1) is 0 Å². The summed E-state index contributed by atoms with van der Waals surface area (Å²) in [5.41, 5.74) is 0.602. The predicted octanol–water partition coefficient (Wildman–Crippen LogP) is 0.316. The normalized spacial score (nSPS) is 10.2. The van der Waals surface area contributed by atoms with Crippen molar-refractivity contribution in [2.45, 2.75) is 5.75 Å². The second kappa shape index (κ2) is 4.04. The molecule has 0 saturated carbocycles. The zero-order valence-electron chi connectivity index (χ0n) is 6.64. The molecule has 0 saturated heterocycles. The van der Waals surface area contributed by atoms with Crippen LogP contribution in [0, 0.1) is 0 Å². The van der Waals surface area contributed by atoms with Gasteiger partial charge >= 0.3 is 0 Å². The average molecular weight is 200 g/mol. The van der Waals surface area contributed by atoms with Crippen molar-refractivity contribution in [1.29, 1.82) is 0 Å². The van der Waals surface area contributed by atoms with E-state index in [9.17, 15) is 13.2 Å². The Balaban J connectivity index is 3.05. The number of carbonyl (C=O) groups is 1. The molecule has 0 unspecified atom stereocenters. The maximum Gasteiger partial charge on any atom is 0.153 e. The fourth-order valence-electron chi connectivity index (χ4n) is 0.946. The molecule has 1 N–H and O–H groups in total. The van der Waals surface area contributed by atoms with Crippen molar-refractivity contribution in [2.75, 3.05) is 0 Å². The van der Waals surface area contributed by atoms with E-state index in [2.05, 4.69) is 0 Å². The van der Waals surface area contributed by atoms with Crippen LogP contribution in [0.25, 0.3) is 0 Å². The first-order valence-electron chi connectivity index (χ1n) is 3.52. The van der Waals surface area contributed by atoms with Crippen molar-refractivity contribution >= 4 is 17.0 Å². The minimum atomic E-state index is -2.50. The van der Waals surface area contributed by atoms with Crippen molar-refractivity contribution in [1.82, 2.24) is 0 Å². The van der Waals surface area contributed by atoms with Crippen LogP contribution in [0.3, 0.4) is 0 Å². The van der Waals surface area contributed by atoms with E-state index < -0.39 is 10.7 Å². The number of aromatic hydroxyl groups is 1. The lowest BCUT2D eigenvalue weighted by molar-refractivity contribution is 0.112. The zero-order chi connectivity index (χ0) is 9.84. The second-order valence-electron chi connectivity index (χ2n) is 2.50. The first kappa shape index (κ1) is 9.73. The number of hydrogen-bond donors (Lipinski definition) is 2. The highest BCUT2D eigenvalue weighted by Gasteiger charge is 2.01. The van der Waals surface area contributed by atoms with Gasteiger partial charge in [0, 0.05) is 0 Å². The summed E-state index contributed by atoms with van der Waals surface area (Å²) in [6, 6.07) is 4.12. The van der Waals surface area contributed by atoms with Crippen LogP contribution in [0.4, 0.5) is 0 Å². The molecule has 0 aliphatic heterocycles. The summed E-state index contributed by atoms with van der Waals surface area (Å²) in [4.78, 5) is 10.4. The average Bonchev–Trinajstić information content (AvgIpc) is 2.07. The van der Waals surface area contributed by atoms with Gasteiger partial charge in [-0.05, 0) is 17.7 Å². The van der Waals surface area contributed by atoms with Gasteiger partial charge in [0.15, 0.2) is 6.29 Å². The molecule has 0 atom stereocenters. The fourth-order valence-corrected chi connectivity index (χ4v) is 1.44. The molecule has 5 heteroatoms. The first-order valence-corrected chi connectivity index (χ1v) is 4.88. The molecule has 1 rings (SSSR count). The third kappa shape index (κ3) is 2.55. The van der Waals surface area contributed by atoms with Crippen molar-refractivity contribution in [2.24, 2.45) is 0 Å². The van der Waals surface area contributed by atoms with Gasteiger partial charge in [-0.2, -0.15) is 0 Å². The molecule has 0 aromatic heterocycles. The van der Waals surface area contributed by atoms with Crippen LogP contribution in [-0.2, 0) is 16.5 Å². The van der Waals surface area contributed by atoms with Crippen molar-refractivity contribution in [3.8, 4) is 5.75 Å². The second-order valence-corrected chi connectivity index (χ2v) is 3.48. The Morgan fingerprint density at radius 3 is 2.62 bits per heavy atom. The summed E-state index contributed by atoms with van der Waals surface area (Å²) in [6.45, 7) is 0. The Bertz CT molecular complexity index is 387. The molecule has 1 aromatic carbocycles. The molecule has 70 valence electrons. The van der Waals surface area contributed by atoms with Crippen molar-refractivity contribution in [3.63, 3.8) is 0 Å². The maximum absolute atomic E-state index is 10.4. The first-order chi connectivity index (χ1) is 6.13. The lowest BCUT2D eigenvalue weighted by atomic mass is 10.1. The van der Waals surface area contributed by atoms with Gasteiger partial charge in [-0.25, -0.2) is 8.42 Å². The molecular weight excluding hydrogens is 192 g/mol. The van der Waals surface area contributed by atoms with E-state index >= 15 is 0 Å². The molecular formula is C8H8O4S. The summed E-state index contributed by atoms with van der Waals surface area (Å²) in [6.07, 6.45) is 0.483. The van der Waals surface area contributed by atoms with Crippen LogP contribution in [0.5, 0.6) is 5.75 Å². The molecule has 0 aliphatic carbocycles. The lowest BCUT2D eigenvalue weighted by Gasteiger charge is -1.99. The van der Waals surface area contributed by atoms with E-state index in [1.165, 1.54) is 18.2 Å². The van der Waals surface area contributed by atoms with E-state index in [-0.39, 0.29) is 17.1 Å². The largest absolute Gasteiger partial charge is 0.507 e. The molecule has 4 nitrogen and oxygen atoms in total. The topological polar surface area (TPSA) is 71.4 Å². The van der Waals surface area contributed by atoms with Gasteiger partial charge in [0.05, 0.1) is 11.3 Å². The third-order valence-electron chi connectivity index (χ3n) is 1.53. The van der Waals surface area contributed by atoms with Gasteiger partial charge < -0.3 is 5.11 Å². The Morgan fingerprint density at radius 1 is 1.38 bits per heavy atom. The van der Waals surface area contributed by atoms with Crippen LogP contribution in [0.2, 0.25) is 0 Å². The third-order valence-corrected chi connectivity index (χ3v) is 2.15. The number of phenolic OH excluding ortho intramolecular Hbond substituents is 1. The molecule has 0 amide bonds. The van der Waals surface area contributed by atoms with Gasteiger partial charge in [-0.3, -0.25) is 4.79 Å². The summed E-state index contributed by atoms with van der Waals surface area (Å²) < 4.78 is 20.7. The minimum absolute atomic E-state index is 0.106. The monoisotopic (exact) mass is 200 g/mol. The van der Waals surface area contributed by atoms with E-state index in [1.807, 2.05) is 0 Å². The minimum Gasteiger partial charge on any atom is -0.507 e. The number of aldehydes is 1. The summed E-state index contributed by atoms with van der Waals surface area (Å²) >= 11 is 0. The Morgan fingerprint density at radius 2 is 2.08 bits per heavy atom. The maximum atomic E-state index is 10.4. The number of hydrogen-bond acceptors (Lipinski definition) is 4. The van der Waals surface area contributed by atoms with E-state index in [1.54, 1.807) is 0 Å². The van der Waals surface area contributed by atoms with Gasteiger partial charge in [0.25, 0.3) is 0 Å². The number of rotatable bonds is 3. The molecule has 0 aliphatic rings. The van der Waals surface area contributed by atoms with Crippen LogP contribution in [-0.4, -0.2) is 19.8 Å². The van der Waals surface area contributed by atoms with Crippen LogP contribution >= 0.6 is 0 Å². The highest BCUT2D eigenvalue weighted by Crippen LogP contribution is 2.16. The molecule has 13 heavy (non-hydrogen) atoms. The number of thiol groups is 1. The highest BCUT2D eigenvalue weighted by atomic mass is 32.2. The van der Waals surface area contributed by atoms with E-state index in [0.717, 1.165) is 0 Å². The predicted molar refractivity (Wildman–Crippen MR) is 47.5 cm³/mol. The summed E-state index contributed by atoms with van der Waals surface area (Å²) in [7, 11) is -2.50. The smallest absolute Gasteiger partial charge is 0.153 e. The highest BCUT2D eigenvalue weighted by molar-refractivity contribution is 7.71. The van der Waals surface area contributed by atoms with Crippen LogP contribution < -0.4 is 0 Å². The van der Waals surface area contributed by atoms with Gasteiger partial charge in [0.1, 0.15) is 16.5 Å². The number of carbonyl (C=O) groups excluding carboxylic acids is 1. The van der Waals surface area contributed by atoms with Gasteiger partial charge in [-0.1, -0.05) is 6.07 Å². The Labute approximate surface area is 76.8 Å². The quantitative estimate of drug-likeness (QED) is 0.544. The number of phenols is 1. The molecule has 1 aromatic rings. The molecule has 0 heterocycles. The SMILES string of the molecule is O=Cc1cc(C[SH](=O)=O)ccc1O. The van der Waals surface area contributed by atoms with Crippen molar-refractivity contribution < 1.29 is 18.3 Å². The summed E-state index contributed by atoms with van der Waals surface area (Å²) in [5.74, 6) is -0.254. The van der Waals surface area contributed by atoms with Crippen LogP contribution in [0.1, 0.15) is 15.9 Å². The van der Waals surface area contributed by atoms with Crippen molar-refractivity contribution in [3.05, 3.63) is 29.3 Å². The molecule has 0 bridgehead atoms. The Kier molecular flexibility index (Phi) is 3.02. The molecule has 0 radical (unpaired) electrons. The zero-order valence-corrected chi connectivity index (χ0v) is 7.53. The van der Waals surface area contributed by atoms with E-state index in [4.69, 9.17) is 5.11 Å². The van der Waals surface area contributed by atoms with Gasteiger partial charge in [0.2, 0.25) is 0 Å². The molecule has 0 fully saturated rings.